The number of ether oxygens (including phenoxy) is 3. The van der Waals surface area contributed by atoms with E-state index in [1.807, 2.05) is 13.0 Å². The molecule has 0 radical (unpaired) electrons. The molecule has 53 heavy (non-hydrogen) atoms. The highest BCUT2D eigenvalue weighted by Crippen LogP contribution is 2.52. The summed E-state index contributed by atoms with van der Waals surface area (Å²) in [5, 5.41) is 59.7. The van der Waals surface area contributed by atoms with E-state index in [4.69, 9.17) is 19.2 Å². The number of imidazole rings is 1. The first kappa shape index (κ1) is 37.8. The fraction of sp³-hybridized carbons (Fsp3) is 0.425. The highest BCUT2D eigenvalue weighted by atomic mass is 16.7. The van der Waals surface area contributed by atoms with Gasteiger partial charge >= 0.3 is 5.79 Å². The van der Waals surface area contributed by atoms with Crippen molar-refractivity contribution in [3.63, 3.8) is 0 Å². The number of hydrogen-bond donors (Lipinski definition) is 6. The highest BCUT2D eigenvalue weighted by molar-refractivity contribution is 6.28. The molecule has 0 aliphatic carbocycles. The summed E-state index contributed by atoms with van der Waals surface area (Å²) in [6.07, 6.45) is 5.53. The molecule has 13 heteroatoms. The summed E-state index contributed by atoms with van der Waals surface area (Å²) < 4.78 is 19.3. The van der Waals surface area contributed by atoms with Crippen LogP contribution >= 0.6 is 0 Å². The van der Waals surface area contributed by atoms with Crippen molar-refractivity contribution in [3.8, 4) is 17.2 Å². The normalized spacial score (nSPS) is 32.4. The average molecular weight is 730 g/mol. The Hall–Kier alpha value is -4.95. The number of anilines is 1. The third-order valence-electron chi connectivity index (χ3n) is 10.9. The molecule has 2 aromatic heterocycles. The summed E-state index contributed by atoms with van der Waals surface area (Å²) in [6.45, 7) is 11.8. The molecule has 0 fully saturated rings. The van der Waals surface area contributed by atoms with E-state index in [-0.39, 0.29) is 44.4 Å². The van der Waals surface area contributed by atoms with Crippen LogP contribution in [0.15, 0.2) is 60.5 Å². The number of aromatic hydroxyl groups is 2. The summed E-state index contributed by atoms with van der Waals surface area (Å²) >= 11 is 0. The maximum Gasteiger partial charge on any atom is 0.312 e. The molecule has 4 aromatic rings. The van der Waals surface area contributed by atoms with E-state index in [1.54, 1.807) is 69.5 Å². The molecule has 1 amide bonds. The van der Waals surface area contributed by atoms with Crippen LogP contribution in [-0.2, 0) is 14.3 Å². The Morgan fingerprint density at radius 2 is 1.62 bits per heavy atom. The summed E-state index contributed by atoms with van der Waals surface area (Å²) in [4.78, 5) is 32.8. The number of aliphatic hydroxyl groups excluding tert-OH is 3. The van der Waals surface area contributed by atoms with Crippen molar-refractivity contribution in [1.82, 2.24) is 9.38 Å². The van der Waals surface area contributed by atoms with E-state index < -0.39 is 77.1 Å². The fourth-order valence-electron chi connectivity index (χ4n) is 7.43. The predicted molar refractivity (Wildman–Crippen MR) is 199 cm³/mol. The lowest BCUT2D eigenvalue weighted by atomic mass is 9.78. The number of hydrogen-bond acceptors (Lipinski definition) is 11. The number of benzene rings is 2. The van der Waals surface area contributed by atoms with Gasteiger partial charge in [0.15, 0.2) is 5.75 Å². The Kier molecular flexibility index (Phi) is 10.1. The molecule has 6 N–H and O–H groups in total. The van der Waals surface area contributed by atoms with Gasteiger partial charge in [-0.25, -0.2) is 4.98 Å². The van der Waals surface area contributed by atoms with Crippen LogP contribution in [0.2, 0.25) is 0 Å². The molecule has 6 rings (SSSR count). The fourth-order valence-corrected chi connectivity index (χ4v) is 7.43. The second-order valence-corrected chi connectivity index (χ2v) is 14.6. The average Bonchev–Trinajstić information content (AvgIpc) is 3.62. The Bertz CT molecular complexity index is 2210. The second-order valence-electron chi connectivity index (χ2n) is 14.6. The van der Waals surface area contributed by atoms with E-state index in [2.05, 4.69) is 5.32 Å². The van der Waals surface area contributed by atoms with Crippen molar-refractivity contribution < 1.29 is 49.3 Å². The minimum Gasteiger partial charge on any atom is -0.507 e. The van der Waals surface area contributed by atoms with Gasteiger partial charge in [0.1, 0.15) is 33.9 Å². The zero-order valence-electron chi connectivity index (χ0n) is 31.0. The van der Waals surface area contributed by atoms with E-state index in [0.29, 0.717) is 5.65 Å². The van der Waals surface area contributed by atoms with Gasteiger partial charge in [0, 0.05) is 60.9 Å². The number of carbonyl (C=O) groups excluding carboxylic acids is 2. The van der Waals surface area contributed by atoms with E-state index in [9.17, 15) is 35.1 Å². The second kappa shape index (κ2) is 14.1. The SMILES string of the molecule is COC1/C=C/O[C@@]2(C)Oc3cc(O)c4c(O)c(c5c(nc6cc(C)ccn65)c4c3C2=O)NC(=O)/C(C)=C\C=C\C(C)C(O)C(C)C(O)C(C)C(O)C1C. The third kappa shape index (κ3) is 6.41. The number of rotatable bonds is 1. The number of amides is 1. The van der Waals surface area contributed by atoms with Crippen LogP contribution in [0.25, 0.3) is 27.5 Å². The maximum absolute atomic E-state index is 14.3. The minimum absolute atomic E-state index is 0.00172. The lowest BCUT2D eigenvalue weighted by molar-refractivity contribution is -0.112. The van der Waals surface area contributed by atoms with Gasteiger partial charge in [0.25, 0.3) is 11.7 Å². The van der Waals surface area contributed by atoms with Crippen LogP contribution in [0.1, 0.15) is 57.5 Å². The molecule has 2 aliphatic rings. The smallest absolute Gasteiger partial charge is 0.312 e. The number of carbonyl (C=O) groups is 2. The number of Topliss-reactive ketones (excluding diaryl/α,β-unsaturated/α-hetero) is 1. The molecule has 0 saturated carbocycles. The monoisotopic (exact) mass is 729 g/mol. The van der Waals surface area contributed by atoms with Crippen LogP contribution in [0, 0.1) is 30.6 Å². The molecule has 2 aromatic carbocycles. The van der Waals surface area contributed by atoms with Crippen molar-refractivity contribution in [2.75, 3.05) is 12.4 Å². The number of ketones is 1. The lowest BCUT2D eigenvalue weighted by Gasteiger charge is -2.36. The first-order valence-corrected chi connectivity index (χ1v) is 17.6. The Morgan fingerprint density at radius 1 is 0.943 bits per heavy atom. The molecule has 9 atom stereocenters. The molecule has 13 nitrogen and oxygen atoms in total. The topological polar surface area (TPSA) is 192 Å². The zero-order chi connectivity index (χ0) is 38.7. The summed E-state index contributed by atoms with van der Waals surface area (Å²) in [5.74, 6) is -6.32. The number of aryl methyl sites for hydroxylation is 1. The Labute approximate surface area is 306 Å². The Morgan fingerprint density at radius 3 is 2.32 bits per heavy atom. The van der Waals surface area contributed by atoms with Gasteiger partial charge < -0.3 is 45.1 Å². The number of aromatic nitrogens is 2. The number of pyridine rings is 1. The van der Waals surface area contributed by atoms with Crippen molar-refractivity contribution >= 4 is 44.8 Å². The maximum atomic E-state index is 14.3. The third-order valence-corrected chi connectivity index (χ3v) is 10.9. The zero-order valence-corrected chi connectivity index (χ0v) is 31.0. The molecule has 4 heterocycles. The largest absolute Gasteiger partial charge is 0.507 e. The van der Waals surface area contributed by atoms with E-state index in [0.717, 1.165) is 5.56 Å². The Balaban J connectivity index is 1.56. The van der Waals surface area contributed by atoms with Gasteiger partial charge in [0.05, 0.1) is 41.6 Å². The number of nitrogens with zero attached hydrogens (tertiary/aromatic N) is 2. The quantitative estimate of drug-likeness (QED) is 0.140. The molecular weight excluding hydrogens is 682 g/mol. The highest BCUT2D eigenvalue weighted by Gasteiger charge is 2.48. The van der Waals surface area contributed by atoms with Crippen LogP contribution in [0.3, 0.4) is 0 Å². The van der Waals surface area contributed by atoms with Crippen LogP contribution in [0.4, 0.5) is 5.69 Å². The van der Waals surface area contributed by atoms with Gasteiger partial charge in [0.2, 0.25) is 0 Å². The van der Waals surface area contributed by atoms with Crippen LogP contribution < -0.4 is 10.1 Å². The van der Waals surface area contributed by atoms with E-state index in [1.165, 1.54) is 32.4 Å². The van der Waals surface area contributed by atoms with Gasteiger partial charge in [-0.05, 0) is 37.6 Å². The number of phenolic OH excluding ortho intramolecular Hbond substituents is 2. The van der Waals surface area contributed by atoms with E-state index >= 15 is 0 Å². The molecule has 8 unspecified atom stereocenters. The standard InChI is InChI=1S/C40H47N3O10/c1-18-12-14-43-27(16-18)41-31-30-28-24(44)17-26-29(30)38(49)40(7,53-26)52-15-13-25(51-8)21(4)35(46)23(6)36(47)22(5)34(45)19(2)10-9-11-20(3)39(50)42-32(33(31)43)37(28)48/h9-17,19,21-23,25,34-36,44-48H,1-8H3,(H,42,50)/b10-9+,15-13+,20-11-/t19?,21?,22?,23?,25?,34?,35?,36?,40-/m0/s1. The van der Waals surface area contributed by atoms with Gasteiger partial charge in [-0.15, -0.1) is 0 Å². The van der Waals surface area contributed by atoms with Crippen LogP contribution in [-0.4, -0.2) is 83.9 Å². The summed E-state index contributed by atoms with van der Waals surface area (Å²) in [7, 11) is 1.46. The number of allylic oxidation sites excluding steroid dienone is 2. The van der Waals surface area contributed by atoms with Gasteiger partial charge in [-0.2, -0.15) is 0 Å². The number of methoxy groups -OCH3 is 1. The molecule has 2 aliphatic heterocycles. The van der Waals surface area contributed by atoms with Crippen molar-refractivity contribution in [2.24, 2.45) is 23.7 Å². The van der Waals surface area contributed by atoms with Gasteiger partial charge in [-0.1, -0.05) is 45.9 Å². The predicted octanol–water partition coefficient (Wildman–Crippen LogP) is 5.28. The van der Waals surface area contributed by atoms with Crippen molar-refractivity contribution in [1.29, 1.82) is 0 Å². The van der Waals surface area contributed by atoms with Gasteiger partial charge in [-0.3, -0.25) is 14.0 Å². The summed E-state index contributed by atoms with van der Waals surface area (Å²) in [5.41, 5.74) is 2.08. The first-order valence-electron chi connectivity index (χ1n) is 17.6. The number of aliphatic hydroxyl groups is 3. The minimum atomic E-state index is -1.92. The van der Waals surface area contributed by atoms with Crippen LogP contribution in [0.5, 0.6) is 17.2 Å². The molecule has 4 bridgehead atoms. The number of phenols is 2. The molecule has 282 valence electrons. The molecular formula is C40H47N3O10. The van der Waals surface area contributed by atoms with Crippen molar-refractivity contribution in [3.05, 3.63) is 71.7 Å². The first-order chi connectivity index (χ1) is 25.0. The number of nitrogens with one attached hydrogen (secondary N) is 1. The molecule has 0 spiro atoms. The lowest BCUT2D eigenvalue weighted by Crippen LogP contribution is -2.44. The molecule has 0 saturated heterocycles. The summed E-state index contributed by atoms with van der Waals surface area (Å²) in [6, 6.07) is 4.85. The van der Waals surface area contributed by atoms with Crippen molar-refractivity contribution in [2.45, 2.75) is 78.7 Å². The number of fused-ring (bicyclic) bond motifs is 2.